The summed E-state index contributed by atoms with van der Waals surface area (Å²) < 4.78 is 0. The molecule has 2 aliphatic heterocycles. The SMILES string of the molecule is CC(C)CCN1CC2=C(C1=O)C(c1ccc(Cl)c([N+](=O)[O-])c1)NC(=O)N2. The Morgan fingerprint density at radius 2 is 2.12 bits per heavy atom. The van der Waals surface area contributed by atoms with Crippen molar-refractivity contribution in [1.29, 1.82) is 0 Å². The molecule has 0 radical (unpaired) electrons. The summed E-state index contributed by atoms with van der Waals surface area (Å²) in [6.07, 6.45) is 0.852. The highest BCUT2D eigenvalue weighted by atomic mass is 35.5. The number of nitro groups is 1. The third-order valence-electron chi connectivity index (χ3n) is 4.50. The summed E-state index contributed by atoms with van der Waals surface area (Å²) in [6.45, 7) is 5.08. The van der Waals surface area contributed by atoms with Gasteiger partial charge in [-0.25, -0.2) is 4.79 Å². The van der Waals surface area contributed by atoms with E-state index in [1.165, 1.54) is 12.1 Å². The molecule has 3 rings (SSSR count). The maximum Gasteiger partial charge on any atom is 0.319 e. The van der Waals surface area contributed by atoms with Crippen LogP contribution in [0.3, 0.4) is 0 Å². The smallest absolute Gasteiger partial charge is 0.319 e. The molecule has 1 atom stereocenters. The molecule has 2 N–H and O–H groups in total. The molecule has 8 nitrogen and oxygen atoms in total. The van der Waals surface area contributed by atoms with E-state index in [1.54, 1.807) is 11.0 Å². The van der Waals surface area contributed by atoms with Crippen molar-refractivity contribution in [1.82, 2.24) is 15.5 Å². The van der Waals surface area contributed by atoms with Crippen LogP contribution >= 0.6 is 11.6 Å². The van der Waals surface area contributed by atoms with Crippen molar-refractivity contribution in [2.24, 2.45) is 5.92 Å². The maximum absolute atomic E-state index is 12.8. The molecular formula is C17H19ClN4O4. The second-order valence-corrected chi connectivity index (χ2v) is 7.21. The molecule has 3 amide bonds. The molecule has 26 heavy (non-hydrogen) atoms. The van der Waals surface area contributed by atoms with Gasteiger partial charge >= 0.3 is 6.03 Å². The first-order valence-corrected chi connectivity index (χ1v) is 8.69. The molecular weight excluding hydrogens is 360 g/mol. The lowest BCUT2D eigenvalue weighted by Crippen LogP contribution is -2.44. The molecule has 1 aromatic carbocycles. The van der Waals surface area contributed by atoms with Gasteiger partial charge in [0.1, 0.15) is 5.02 Å². The predicted octanol–water partition coefficient (Wildman–Crippen LogP) is 2.74. The van der Waals surface area contributed by atoms with E-state index in [1.807, 2.05) is 0 Å². The number of nitro benzene ring substituents is 1. The zero-order valence-electron chi connectivity index (χ0n) is 14.4. The molecule has 1 unspecified atom stereocenters. The topological polar surface area (TPSA) is 105 Å². The molecule has 138 valence electrons. The Morgan fingerprint density at radius 1 is 1.38 bits per heavy atom. The fourth-order valence-electron chi connectivity index (χ4n) is 3.12. The van der Waals surface area contributed by atoms with Crippen LogP contribution in [-0.2, 0) is 4.79 Å². The number of benzene rings is 1. The Hall–Kier alpha value is -2.61. The number of hydrogen-bond donors (Lipinski definition) is 2. The van der Waals surface area contributed by atoms with E-state index in [4.69, 9.17) is 11.6 Å². The molecule has 9 heteroatoms. The summed E-state index contributed by atoms with van der Waals surface area (Å²) in [6, 6.07) is 3.10. The summed E-state index contributed by atoms with van der Waals surface area (Å²) >= 11 is 5.86. The van der Waals surface area contributed by atoms with Gasteiger partial charge in [0.2, 0.25) is 0 Å². The van der Waals surface area contributed by atoms with Crippen molar-refractivity contribution in [2.75, 3.05) is 13.1 Å². The van der Waals surface area contributed by atoms with E-state index in [-0.39, 0.29) is 16.6 Å². The van der Waals surface area contributed by atoms with E-state index in [0.29, 0.717) is 35.8 Å². The standard InChI is InChI=1S/C17H19ClN4O4/c1-9(2)5-6-21-8-12-14(16(21)23)15(20-17(24)19-12)10-3-4-11(18)13(7-10)22(25)26/h3-4,7,9,15H,5-6,8H2,1-2H3,(H2,19,20,24). The highest BCUT2D eigenvalue weighted by Crippen LogP contribution is 2.35. The van der Waals surface area contributed by atoms with Crippen LogP contribution in [0.2, 0.25) is 5.02 Å². The zero-order valence-corrected chi connectivity index (χ0v) is 15.2. The number of nitrogens with zero attached hydrogens (tertiary/aromatic N) is 2. The normalized spacial score (nSPS) is 19.5. The molecule has 0 spiro atoms. The van der Waals surface area contributed by atoms with Crippen LogP contribution in [0.5, 0.6) is 0 Å². The Morgan fingerprint density at radius 3 is 2.77 bits per heavy atom. The zero-order chi connectivity index (χ0) is 19.0. The van der Waals surface area contributed by atoms with Crippen LogP contribution in [0, 0.1) is 16.0 Å². The summed E-state index contributed by atoms with van der Waals surface area (Å²) in [7, 11) is 0. The van der Waals surface area contributed by atoms with E-state index < -0.39 is 17.0 Å². The Labute approximate surface area is 155 Å². The van der Waals surface area contributed by atoms with Gasteiger partial charge in [0.05, 0.1) is 28.8 Å². The van der Waals surface area contributed by atoms with Gasteiger partial charge in [0, 0.05) is 12.6 Å². The van der Waals surface area contributed by atoms with Crippen molar-refractivity contribution in [3.63, 3.8) is 0 Å². The molecule has 2 aliphatic rings. The summed E-state index contributed by atoms with van der Waals surface area (Å²) in [5.74, 6) is 0.276. The molecule has 0 bridgehead atoms. The van der Waals surface area contributed by atoms with Crippen molar-refractivity contribution in [2.45, 2.75) is 26.3 Å². The highest BCUT2D eigenvalue weighted by molar-refractivity contribution is 6.32. The Kier molecular flexibility index (Phi) is 4.86. The Balaban J connectivity index is 1.94. The maximum atomic E-state index is 12.8. The first-order chi connectivity index (χ1) is 12.3. The lowest BCUT2D eigenvalue weighted by Gasteiger charge is -2.25. The lowest BCUT2D eigenvalue weighted by atomic mass is 9.96. The third kappa shape index (κ3) is 3.37. The molecule has 2 heterocycles. The van der Waals surface area contributed by atoms with Crippen LogP contribution in [0.4, 0.5) is 10.5 Å². The van der Waals surface area contributed by atoms with Crippen molar-refractivity contribution >= 4 is 29.2 Å². The van der Waals surface area contributed by atoms with Crippen LogP contribution in [-0.4, -0.2) is 34.9 Å². The summed E-state index contributed by atoms with van der Waals surface area (Å²) in [4.78, 5) is 37.1. The highest BCUT2D eigenvalue weighted by Gasteiger charge is 2.40. The van der Waals surface area contributed by atoms with E-state index in [0.717, 1.165) is 6.42 Å². The van der Waals surface area contributed by atoms with Crippen LogP contribution in [0.25, 0.3) is 0 Å². The first kappa shape index (κ1) is 18.2. The average Bonchev–Trinajstić information content (AvgIpc) is 2.88. The Bertz CT molecular complexity index is 821. The van der Waals surface area contributed by atoms with E-state index >= 15 is 0 Å². The quantitative estimate of drug-likeness (QED) is 0.607. The summed E-state index contributed by atoms with van der Waals surface area (Å²) in [5.41, 5.74) is 1.15. The second kappa shape index (κ2) is 6.95. The molecule has 0 saturated carbocycles. The molecule has 0 aliphatic carbocycles. The van der Waals surface area contributed by atoms with E-state index in [2.05, 4.69) is 24.5 Å². The minimum Gasteiger partial charge on any atom is -0.333 e. The van der Waals surface area contributed by atoms with E-state index in [9.17, 15) is 19.7 Å². The average molecular weight is 379 g/mol. The number of carbonyl (C=O) groups is 2. The molecule has 1 aromatic rings. The van der Waals surface area contributed by atoms with Crippen molar-refractivity contribution < 1.29 is 14.5 Å². The van der Waals surface area contributed by atoms with Crippen LogP contribution < -0.4 is 10.6 Å². The minimum atomic E-state index is -0.744. The van der Waals surface area contributed by atoms with Gasteiger partial charge < -0.3 is 15.5 Å². The predicted molar refractivity (Wildman–Crippen MR) is 95.6 cm³/mol. The van der Waals surface area contributed by atoms with Gasteiger partial charge in [0.15, 0.2) is 0 Å². The molecule has 0 aromatic heterocycles. The number of rotatable bonds is 5. The van der Waals surface area contributed by atoms with Crippen molar-refractivity contribution in [3.05, 3.63) is 50.2 Å². The molecule has 0 saturated heterocycles. The number of amides is 3. The third-order valence-corrected chi connectivity index (χ3v) is 4.82. The van der Waals surface area contributed by atoms with Gasteiger partial charge in [-0.15, -0.1) is 0 Å². The number of hydrogen-bond acceptors (Lipinski definition) is 4. The molecule has 0 fully saturated rings. The van der Waals surface area contributed by atoms with Gasteiger partial charge in [-0.2, -0.15) is 0 Å². The van der Waals surface area contributed by atoms with Gasteiger partial charge in [-0.05, 0) is 24.0 Å². The summed E-state index contributed by atoms with van der Waals surface area (Å²) in [5, 5.41) is 16.5. The number of urea groups is 1. The van der Waals surface area contributed by atoms with Crippen LogP contribution in [0.15, 0.2) is 29.5 Å². The number of carbonyl (C=O) groups excluding carboxylic acids is 2. The second-order valence-electron chi connectivity index (χ2n) is 6.80. The van der Waals surface area contributed by atoms with Gasteiger partial charge in [0.25, 0.3) is 11.6 Å². The largest absolute Gasteiger partial charge is 0.333 e. The fourth-order valence-corrected chi connectivity index (χ4v) is 3.31. The lowest BCUT2D eigenvalue weighted by molar-refractivity contribution is -0.384. The number of halogens is 1. The van der Waals surface area contributed by atoms with Crippen LogP contribution in [0.1, 0.15) is 31.9 Å². The monoisotopic (exact) mass is 378 g/mol. The van der Waals surface area contributed by atoms with Crippen molar-refractivity contribution in [3.8, 4) is 0 Å². The minimum absolute atomic E-state index is 0.00419. The van der Waals surface area contributed by atoms with Gasteiger partial charge in [-0.3, -0.25) is 14.9 Å². The first-order valence-electron chi connectivity index (χ1n) is 8.31. The van der Waals surface area contributed by atoms with Gasteiger partial charge in [-0.1, -0.05) is 31.5 Å². The fraction of sp³-hybridized carbons (Fsp3) is 0.412. The number of nitrogens with one attached hydrogen (secondary N) is 2.